The molecule has 3 aromatic rings. The van der Waals surface area contributed by atoms with E-state index in [4.69, 9.17) is 34.7 Å². The third-order valence-corrected chi connectivity index (χ3v) is 3.95. The zero-order valence-corrected chi connectivity index (χ0v) is 13.7. The Morgan fingerprint density at radius 3 is 2.54 bits per heavy atom. The largest absolute Gasteiger partial charge is 0.370 e. The third kappa shape index (κ3) is 3.02. The summed E-state index contributed by atoms with van der Waals surface area (Å²) in [6, 6.07) is 6.69. The number of nitrogens with zero attached hydrogens (tertiary/aromatic N) is 3. The Labute approximate surface area is 147 Å². The standard InChI is InChI=1S/C16H11Cl2N5O/c17-12-6-21-4-3-10(12)14-11-5-8(15(24)23-16(19)20)1-2-9(11)13(18)7-22-14/h1-7H,(H4,19,20,23,24). The summed E-state index contributed by atoms with van der Waals surface area (Å²) in [5.41, 5.74) is 12.1. The van der Waals surface area contributed by atoms with Crippen molar-refractivity contribution in [3.05, 3.63) is 58.5 Å². The predicted octanol–water partition coefficient (Wildman–Crippen LogP) is 3.02. The molecular weight excluding hydrogens is 349 g/mol. The predicted molar refractivity (Wildman–Crippen MR) is 95.1 cm³/mol. The van der Waals surface area contributed by atoms with Crippen LogP contribution in [0.2, 0.25) is 10.0 Å². The number of fused-ring (bicyclic) bond motifs is 1. The average molecular weight is 360 g/mol. The number of hydrogen-bond donors (Lipinski definition) is 2. The molecule has 6 nitrogen and oxygen atoms in total. The van der Waals surface area contributed by atoms with E-state index in [9.17, 15) is 4.79 Å². The molecule has 0 aliphatic heterocycles. The number of nitrogens with two attached hydrogens (primary N) is 2. The SMILES string of the molecule is NC(N)=NC(=O)c1ccc2c(Cl)cnc(-c3ccncc3Cl)c2c1. The smallest absolute Gasteiger partial charge is 0.280 e. The molecule has 2 aromatic heterocycles. The van der Waals surface area contributed by atoms with Crippen molar-refractivity contribution in [2.24, 2.45) is 16.5 Å². The first-order valence-corrected chi connectivity index (χ1v) is 7.55. The van der Waals surface area contributed by atoms with Crippen LogP contribution in [0.1, 0.15) is 10.4 Å². The van der Waals surface area contributed by atoms with Crippen LogP contribution >= 0.6 is 23.2 Å². The van der Waals surface area contributed by atoms with Crippen LogP contribution in [-0.4, -0.2) is 21.8 Å². The second-order valence-electron chi connectivity index (χ2n) is 4.91. The molecule has 0 fully saturated rings. The van der Waals surface area contributed by atoms with Gasteiger partial charge in [-0.1, -0.05) is 29.3 Å². The molecule has 3 rings (SSSR count). The van der Waals surface area contributed by atoms with Crippen molar-refractivity contribution in [2.75, 3.05) is 0 Å². The van der Waals surface area contributed by atoms with Gasteiger partial charge < -0.3 is 11.5 Å². The lowest BCUT2D eigenvalue weighted by Crippen LogP contribution is -2.24. The highest BCUT2D eigenvalue weighted by Crippen LogP contribution is 2.34. The molecule has 4 N–H and O–H groups in total. The minimum atomic E-state index is -0.552. The summed E-state index contributed by atoms with van der Waals surface area (Å²) in [6.07, 6.45) is 4.67. The van der Waals surface area contributed by atoms with E-state index < -0.39 is 5.91 Å². The van der Waals surface area contributed by atoms with Gasteiger partial charge in [-0.15, -0.1) is 0 Å². The lowest BCUT2D eigenvalue weighted by Gasteiger charge is -2.09. The van der Waals surface area contributed by atoms with E-state index in [-0.39, 0.29) is 5.96 Å². The second-order valence-corrected chi connectivity index (χ2v) is 5.73. The van der Waals surface area contributed by atoms with Gasteiger partial charge in [-0.05, 0) is 18.2 Å². The molecule has 0 spiro atoms. The third-order valence-electron chi connectivity index (χ3n) is 3.34. The van der Waals surface area contributed by atoms with Crippen LogP contribution in [0.4, 0.5) is 0 Å². The van der Waals surface area contributed by atoms with Gasteiger partial charge in [0, 0.05) is 40.5 Å². The molecule has 8 heteroatoms. The topological polar surface area (TPSA) is 107 Å². The first kappa shape index (κ1) is 16.2. The lowest BCUT2D eigenvalue weighted by molar-refractivity contribution is 0.100. The molecule has 1 amide bonds. The molecule has 0 bridgehead atoms. The van der Waals surface area contributed by atoms with Gasteiger partial charge in [0.05, 0.1) is 15.7 Å². The number of amides is 1. The maximum absolute atomic E-state index is 12.1. The average Bonchev–Trinajstić information content (AvgIpc) is 2.55. The Bertz CT molecular complexity index is 983. The van der Waals surface area contributed by atoms with Crippen LogP contribution in [0.3, 0.4) is 0 Å². The summed E-state index contributed by atoms with van der Waals surface area (Å²) in [6.45, 7) is 0. The fraction of sp³-hybridized carbons (Fsp3) is 0. The van der Waals surface area contributed by atoms with Crippen LogP contribution in [-0.2, 0) is 0 Å². The molecule has 2 heterocycles. The summed E-state index contributed by atoms with van der Waals surface area (Å²) in [5, 5.41) is 2.29. The van der Waals surface area contributed by atoms with Crippen LogP contribution in [0.5, 0.6) is 0 Å². The molecule has 120 valence electrons. The molecule has 0 aliphatic carbocycles. The summed E-state index contributed by atoms with van der Waals surface area (Å²) < 4.78 is 0. The van der Waals surface area contributed by atoms with Crippen LogP contribution in [0.25, 0.3) is 22.0 Å². The Morgan fingerprint density at radius 2 is 1.83 bits per heavy atom. The Morgan fingerprint density at radius 1 is 1.04 bits per heavy atom. The number of rotatable bonds is 2. The molecule has 0 radical (unpaired) electrons. The number of carbonyl (C=O) groups excluding carboxylic acids is 1. The van der Waals surface area contributed by atoms with E-state index in [0.717, 1.165) is 5.39 Å². The van der Waals surface area contributed by atoms with E-state index in [1.165, 1.54) is 12.4 Å². The fourth-order valence-corrected chi connectivity index (χ4v) is 2.73. The van der Waals surface area contributed by atoms with Crippen molar-refractivity contribution < 1.29 is 4.79 Å². The van der Waals surface area contributed by atoms with Gasteiger partial charge in [-0.25, -0.2) is 0 Å². The van der Waals surface area contributed by atoms with E-state index in [2.05, 4.69) is 15.0 Å². The number of guanidine groups is 1. The maximum Gasteiger partial charge on any atom is 0.280 e. The van der Waals surface area contributed by atoms with Crippen molar-refractivity contribution in [3.8, 4) is 11.3 Å². The van der Waals surface area contributed by atoms with Crippen molar-refractivity contribution in [1.82, 2.24) is 9.97 Å². The van der Waals surface area contributed by atoms with Crippen molar-refractivity contribution in [2.45, 2.75) is 0 Å². The van der Waals surface area contributed by atoms with E-state index in [0.29, 0.717) is 32.3 Å². The highest BCUT2D eigenvalue weighted by molar-refractivity contribution is 6.36. The molecule has 1 aromatic carbocycles. The first-order valence-electron chi connectivity index (χ1n) is 6.79. The highest BCUT2D eigenvalue weighted by atomic mass is 35.5. The van der Waals surface area contributed by atoms with Crippen LogP contribution in [0, 0.1) is 0 Å². The van der Waals surface area contributed by atoms with Gasteiger partial charge in [-0.3, -0.25) is 14.8 Å². The van der Waals surface area contributed by atoms with Crippen LogP contribution in [0.15, 0.2) is 47.8 Å². The molecule has 0 unspecified atom stereocenters. The normalized spacial score (nSPS) is 10.6. The summed E-state index contributed by atoms with van der Waals surface area (Å²) in [4.78, 5) is 23.9. The van der Waals surface area contributed by atoms with Gasteiger partial charge in [0.25, 0.3) is 5.91 Å². The van der Waals surface area contributed by atoms with E-state index in [1.807, 2.05) is 0 Å². The number of aromatic nitrogens is 2. The van der Waals surface area contributed by atoms with E-state index >= 15 is 0 Å². The fourth-order valence-electron chi connectivity index (χ4n) is 2.31. The Balaban J connectivity index is 2.27. The van der Waals surface area contributed by atoms with Crippen molar-refractivity contribution in [3.63, 3.8) is 0 Å². The molecule has 0 saturated carbocycles. The Kier molecular flexibility index (Phi) is 4.33. The number of pyridine rings is 2. The molecule has 0 saturated heterocycles. The van der Waals surface area contributed by atoms with Gasteiger partial charge in [0.2, 0.25) is 0 Å². The zero-order valence-electron chi connectivity index (χ0n) is 12.2. The summed E-state index contributed by atoms with van der Waals surface area (Å²) in [5.74, 6) is -0.856. The van der Waals surface area contributed by atoms with Gasteiger partial charge in [-0.2, -0.15) is 4.99 Å². The lowest BCUT2D eigenvalue weighted by atomic mass is 10.0. The number of halogens is 2. The minimum absolute atomic E-state index is 0.304. The molecule has 0 atom stereocenters. The quantitative estimate of drug-likeness (QED) is 0.540. The monoisotopic (exact) mass is 359 g/mol. The summed E-state index contributed by atoms with van der Waals surface area (Å²) >= 11 is 12.4. The number of benzene rings is 1. The molecule has 0 aliphatic rings. The number of hydrogen-bond acceptors (Lipinski definition) is 3. The highest BCUT2D eigenvalue weighted by Gasteiger charge is 2.14. The van der Waals surface area contributed by atoms with Crippen molar-refractivity contribution in [1.29, 1.82) is 0 Å². The van der Waals surface area contributed by atoms with Crippen molar-refractivity contribution >= 4 is 45.8 Å². The molecule has 24 heavy (non-hydrogen) atoms. The summed E-state index contributed by atoms with van der Waals surface area (Å²) in [7, 11) is 0. The van der Waals surface area contributed by atoms with Gasteiger partial charge in [0.1, 0.15) is 0 Å². The maximum atomic E-state index is 12.1. The van der Waals surface area contributed by atoms with Gasteiger partial charge in [0.15, 0.2) is 5.96 Å². The van der Waals surface area contributed by atoms with E-state index in [1.54, 1.807) is 30.5 Å². The number of aliphatic imine (C=N–C) groups is 1. The second kappa shape index (κ2) is 6.43. The Hall–Kier alpha value is -2.70. The van der Waals surface area contributed by atoms with Gasteiger partial charge >= 0.3 is 0 Å². The minimum Gasteiger partial charge on any atom is -0.370 e. The number of carbonyl (C=O) groups is 1. The van der Waals surface area contributed by atoms with Crippen LogP contribution < -0.4 is 11.5 Å². The zero-order chi connectivity index (χ0) is 17.3. The first-order chi connectivity index (χ1) is 11.5. The molecular formula is C16H11Cl2N5O.